The minimum absolute atomic E-state index is 0.102. The van der Waals surface area contributed by atoms with Crippen molar-refractivity contribution in [3.8, 4) is 0 Å². The van der Waals surface area contributed by atoms with Gasteiger partial charge in [-0.3, -0.25) is 14.2 Å². The van der Waals surface area contributed by atoms with Crippen LogP contribution in [0.25, 0.3) is 10.9 Å². The molecule has 1 aromatic heterocycles. The molecule has 0 bridgehead atoms. The van der Waals surface area contributed by atoms with Crippen molar-refractivity contribution in [1.29, 1.82) is 0 Å². The van der Waals surface area contributed by atoms with Gasteiger partial charge in [0, 0.05) is 20.6 Å². The summed E-state index contributed by atoms with van der Waals surface area (Å²) >= 11 is 1.24. The Bertz CT molecular complexity index is 1190. The zero-order chi connectivity index (χ0) is 23.4. The van der Waals surface area contributed by atoms with Gasteiger partial charge in [-0.2, -0.15) is 0 Å². The van der Waals surface area contributed by atoms with Crippen LogP contribution in [0.1, 0.15) is 35.0 Å². The van der Waals surface area contributed by atoms with E-state index in [9.17, 15) is 14.4 Å². The van der Waals surface area contributed by atoms with Gasteiger partial charge in [0.1, 0.15) is 5.25 Å². The van der Waals surface area contributed by atoms with Crippen molar-refractivity contribution in [3.05, 3.63) is 70.0 Å². The summed E-state index contributed by atoms with van der Waals surface area (Å²) in [5, 5.41) is 0.276. The van der Waals surface area contributed by atoms with E-state index in [0.717, 1.165) is 5.56 Å². The number of amides is 1. The molecular weight excluding hydrogens is 426 g/mol. The van der Waals surface area contributed by atoms with Crippen LogP contribution in [0.5, 0.6) is 0 Å². The molecule has 1 amide bonds. The number of likely N-dealkylation sites (N-methyl/N-ethyl adjacent to an activating group) is 1. The molecule has 0 aliphatic heterocycles. The third-order valence-electron chi connectivity index (χ3n) is 4.88. The van der Waals surface area contributed by atoms with Gasteiger partial charge < -0.3 is 9.64 Å². The molecule has 1 heterocycles. The van der Waals surface area contributed by atoms with Crippen molar-refractivity contribution in [1.82, 2.24) is 14.5 Å². The summed E-state index contributed by atoms with van der Waals surface area (Å²) in [6.45, 7) is 4.50. The SMILES string of the molecule is COC(=O)c1ccc2c(=O)n(CC(C)C)c(SC(C(=O)N(C)C)c3ccccc3)nc2c1. The van der Waals surface area contributed by atoms with Gasteiger partial charge in [0.25, 0.3) is 5.56 Å². The lowest BCUT2D eigenvalue weighted by Gasteiger charge is -2.22. The van der Waals surface area contributed by atoms with Crippen molar-refractivity contribution in [3.63, 3.8) is 0 Å². The second kappa shape index (κ2) is 9.99. The Kier molecular flexibility index (Phi) is 7.35. The lowest BCUT2D eigenvalue weighted by molar-refractivity contribution is -0.128. The van der Waals surface area contributed by atoms with Gasteiger partial charge in [0.15, 0.2) is 5.16 Å². The second-order valence-corrected chi connectivity index (χ2v) is 9.14. The number of esters is 1. The van der Waals surface area contributed by atoms with Crippen LogP contribution < -0.4 is 5.56 Å². The van der Waals surface area contributed by atoms with Crippen molar-refractivity contribution >= 4 is 34.5 Å². The first kappa shape index (κ1) is 23.5. The lowest BCUT2D eigenvalue weighted by Crippen LogP contribution is -2.29. The predicted molar refractivity (Wildman–Crippen MR) is 126 cm³/mol. The number of nitrogens with zero attached hydrogens (tertiary/aromatic N) is 3. The molecule has 0 N–H and O–H groups in total. The maximum Gasteiger partial charge on any atom is 0.337 e. The van der Waals surface area contributed by atoms with Gasteiger partial charge in [-0.25, -0.2) is 9.78 Å². The molecule has 0 saturated heterocycles. The molecule has 0 aliphatic carbocycles. The predicted octanol–water partition coefficient (Wildman–Crippen LogP) is 3.76. The van der Waals surface area contributed by atoms with Crippen LogP contribution in [0.3, 0.4) is 0 Å². The molecule has 2 aromatic carbocycles. The molecular formula is C24H27N3O4S. The van der Waals surface area contributed by atoms with Crippen LogP contribution in [-0.2, 0) is 16.1 Å². The number of rotatable bonds is 7. The summed E-state index contributed by atoms with van der Waals surface area (Å²) in [4.78, 5) is 44.6. The van der Waals surface area contributed by atoms with E-state index >= 15 is 0 Å². The summed E-state index contributed by atoms with van der Waals surface area (Å²) in [5.41, 5.74) is 1.33. The van der Waals surface area contributed by atoms with E-state index in [0.29, 0.717) is 28.2 Å². The number of thioether (sulfide) groups is 1. The number of hydrogen-bond donors (Lipinski definition) is 0. The molecule has 3 rings (SSSR count). The number of hydrogen-bond acceptors (Lipinski definition) is 6. The number of carbonyl (C=O) groups excluding carboxylic acids is 2. The third-order valence-corrected chi connectivity index (χ3v) is 6.11. The number of aromatic nitrogens is 2. The Hall–Kier alpha value is -3.13. The monoisotopic (exact) mass is 453 g/mol. The van der Waals surface area contributed by atoms with Crippen molar-refractivity contribution < 1.29 is 14.3 Å². The highest BCUT2D eigenvalue weighted by Gasteiger charge is 2.26. The van der Waals surface area contributed by atoms with Crippen molar-refractivity contribution in [2.45, 2.75) is 30.8 Å². The van der Waals surface area contributed by atoms with E-state index in [1.54, 1.807) is 36.9 Å². The van der Waals surface area contributed by atoms with E-state index < -0.39 is 11.2 Å². The molecule has 8 heteroatoms. The van der Waals surface area contributed by atoms with Crippen LogP contribution in [0.2, 0.25) is 0 Å². The van der Waals surface area contributed by atoms with Crippen LogP contribution >= 0.6 is 11.8 Å². The highest BCUT2D eigenvalue weighted by atomic mass is 32.2. The van der Waals surface area contributed by atoms with Gasteiger partial charge in [-0.1, -0.05) is 55.9 Å². The Morgan fingerprint density at radius 2 is 1.81 bits per heavy atom. The smallest absolute Gasteiger partial charge is 0.337 e. The van der Waals surface area contributed by atoms with Crippen LogP contribution in [-0.4, -0.2) is 47.5 Å². The molecule has 0 aliphatic rings. The average Bonchev–Trinajstić information content (AvgIpc) is 2.78. The molecule has 0 spiro atoms. The van der Waals surface area contributed by atoms with E-state index in [1.165, 1.54) is 23.8 Å². The first-order valence-corrected chi connectivity index (χ1v) is 11.2. The normalized spacial score (nSPS) is 12.1. The zero-order valence-electron chi connectivity index (χ0n) is 18.9. The number of carbonyl (C=O) groups is 2. The third kappa shape index (κ3) is 5.02. The molecule has 7 nitrogen and oxygen atoms in total. The van der Waals surface area contributed by atoms with Crippen LogP contribution in [0.4, 0.5) is 0 Å². The molecule has 0 fully saturated rings. The number of benzene rings is 2. The Labute approximate surface area is 191 Å². The molecule has 0 radical (unpaired) electrons. The molecule has 1 unspecified atom stereocenters. The standard InChI is InChI=1S/C24H27N3O4S/c1-15(2)14-27-21(28)18-12-11-17(23(30)31-5)13-19(18)25-24(27)32-20(22(29)26(3)4)16-9-7-6-8-10-16/h6-13,15,20H,14H2,1-5H3. The first-order valence-electron chi connectivity index (χ1n) is 10.3. The van der Waals surface area contributed by atoms with E-state index in [-0.39, 0.29) is 17.4 Å². The minimum Gasteiger partial charge on any atom is -0.465 e. The molecule has 0 saturated carbocycles. The van der Waals surface area contributed by atoms with Gasteiger partial charge in [0.2, 0.25) is 5.91 Å². The maximum absolute atomic E-state index is 13.4. The van der Waals surface area contributed by atoms with Gasteiger partial charge in [-0.05, 0) is 29.7 Å². The molecule has 168 valence electrons. The molecule has 1 atom stereocenters. The molecule has 32 heavy (non-hydrogen) atoms. The Morgan fingerprint density at radius 1 is 1.12 bits per heavy atom. The summed E-state index contributed by atoms with van der Waals surface area (Å²) in [7, 11) is 4.71. The lowest BCUT2D eigenvalue weighted by atomic mass is 10.1. The average molecular weight is 454 g/mol. The largest absolute Gasteiger partial charge is 0.465 e. The summed E-state index contributed by atoms with van der Waals surface area (Å²) < 4.78 is 6.42. The Morgan fingerprint density at radius 3 is 2.41 bits per heavy atom. The van der Waals surface area contributed by atoms with Gasteiger partial charge in [0.05, 0.1) is 23.6 Å². The minimum atomic E-state index is -0.572. The Balaban J connectivity index is 2.19. The van der Waals surface area contributed by atoms with Crippen molar-refractivity contribution in [2.75, 3.05) is 21.2 Å². The van der Waals surface area contributed by atoms with E-state index in [4.69, 9.17) is 9.72 Å². The van der Waals surface area contributed by atoms with Crippen LogP contribution in [0, 0.1) is 5.92 Å². The van der Waals surface area contributed by atoms with E-state index in [1.807, 2.05) is 44.2 Å². The fourth-order valence-electron chi connectivity index (χ4n) is 3.29. The quantitative estimate of drug-likeness (QED) is 0.308. The highest BCUT2D eigenvalue weighted by molar-refractivity contribution is 8.00. The van der Waals surface area contributed by atoms with Crippen molar-refractivity contribution in [2.24, 2.45) is 5.92 Å². The fraction of sp³-hybridized carbons (Fsp3) is 0.333. The van der Waals surface area contributed by atoms with Gasteiger partial charge in [-0.15, -0.1) is 0 Å². The second-order valence-electron chi connectivity index (χ2n) is 8.07. The highest BCUT2D eigenvalue weighted by Crippen LogP contribution is 2.36. The number of fused-ring (bicyclic) bond motifs is 1. The van der Waals surface area contributed by atoms with Gasteiger partial charge >= 0.3 is 5.97 Å². The van der Waals surface area contributed by atoms with Crippen LogP contribution in [0.15, 0.2) is 58.5 Å². The maximum atomic E-state index is 13.4. The zero-order valence-corrected chi connectivity index (χ0v) is 19.7. The number of ether oxygens (including phenoxy) is 1. The molecule has 3 aromatic rings. The number of methoxy groups -OCH3 is 1. The summed E-state index contributed by atoms with van der Waals surface area (Å²) in [6, 6.07) is 14.1. The first-order chi connectivity index (χ1) is 15.2. The van der Waals surface area contributed by atoms with E-state index in [2.05, 4.69) is 0 Å². The summed E-state index contributed by atoms with van der Waals surface area (Å²) in [5.74, 6) is -0.408. The fourth-order valence-corrected chi connectivity index (χ4v) is 4.54. The topological polar surface area (TPSA) is 81.5 Å². The summed E-state index contributed by atoms with van der Waals surface area (Å²) in [6.07, 6.45) is 0.